The molecular weight excluding hydrogens is 284 g/mol. The van der Waals surface area contributed by atoms with E-state index in [-0.39, 0.29) is 0 Å². The van der Waals surface area contributed by atoms with E-state index in [0.29, 0.717) is 16.9 Å². The normalized spacial score (nSPS) is 11.5. The second kappa shape index (κ2) is 7.87. The molecule has 1 aromatic heterocycles. The molecule has 0 aliphatic heterocycles. The quantitative estimate of drug-likeness (QED) is 0.486. The second-order valence-corrected chi connectivity index (χ2v) is 4.96. The van der Waals surface area contributed by atoms with Gasteiger partial charge >= 0.3 is 0 Å². The van der Waals surface area contributed by atoms with Gasteiger partial charge in [-0.3, -0.25) is 0 Å². The molecule has 6 nitrogen and oxygen atoms in total. The molecule has 2 rings (SSSR count). The van der Waals surface area contributed by atoms with Gasteiger partial charge in [-0.15, -0.1) is 5.10 Å². The molecule has 1 heterocycles. The van der Waals surface area contributed by atoms with E-state index in [1.807, 2.05) is 55.5 Å². The van der Waals surface area contributed by atoms with Crippen LogP contribution in [0.2, 0.25) is 0 Å². The average molecular weight is 298 g/mol. The van der Waals surface area contributed by atoms with Crippen molar-refractivity contribution in [3.63, 3.8) is 0 Å². The number of allylic oxidation sites excluding steroid dienone is 1. The summed E-state index contributed by atoms with van der Waals surface area (Å²) in [5.74, 6) is 0.766. The minimum absolute atomic E-state index is 0.319. The van der Waals surface area contributed by atoms with Gasteiger partial charge in [0.05, 0.1) is 17.5 Å². The van der Waals surface area contributed by atoms with Gasteiger partial charge in [0.25, 0.3) is 0 Å². The average Bonchev–Trinajstić information content (AvgIpc) is 2.98. The molecular formula is C14H14N6S. The van der Waals surface area contributed by atoms with Crippen LogP contribution in [0, 0.1) is 11.3 Å². The van der Waals surface area contributed by atoms with Gasteiger partial charge in [-0.2, -0.15) is 15.3 Å². The zero-order valence-electron chi connectivity index (χ0n) is 11.4. The Bertz CT molecular complexity index is 668. The number of aromatic amines is 1. The minimum atomic E-state index is 0.319. The molecule has 7 heteroatoms. The number of hydrogen-bond donors (Lipinski definition) is 2. The van der Waals surface area contributed by atoms with Crippen LogP contribution in [0.4, 0.5) is 5.95 Å². The summed E-state index contributed by atoms with van der Waals surface area (Å²) in [5, 5.41) is 19.8. The Kier molecular flexibility index (Phi) is 5.55. The van der Waals surface area contributed by atoms with Gasteiger partial charge < -0.3 is 0 Å². The van der Waals surface area contributed by atoms with Crippen LogP contribution in [0.25, 0.3) is 6.08 Å². The lowest BCUT2D eigenvalue weighted by atomic mass is 10.2. The Labute approximate surface area is 127 Å². The van der Waals surface area contributed by atoms with Crippen LogP contribution in [0.1, 0.15) is 12.5 Å². The number of thioether (sulfide) groups is 1. The third kappa shape index (κ3) is 5.12. The maximum absolute atomic E-state index is 8.48. The number of rotatable bonds is 6. The highest BCUT2D eigenvalue weighted by Gasteiger charge is 2.01. The summed E-state index contributed by atoms with van der Waals surface area (Å²) in [5.41, 5.74) is 4.71. The van der Waals surface area contributed by atoms with Gasteiger partial charge in [-0.1, -0.05) is 48.2 Å². The SMILES string of the molecule is CC(C=Cc1ccccc1)=NNc1nc(SCC#N)n[nH]1. The van der Waals surface area contributed by atoms with Crippen LogP contribution in [0.5, 0.6) is 0 Å². The number of aromatic nitrogens is 3. The van der Waals surface area contributed by atoms with Crippen molar-refractivity contribution in [2.75, 3.05) is 11.2 Å². The largest absolute Gasteiger partial charge is 0.245 e. The molecule has 0 spiro atoms. The van der Waals surface area contributed by atoms with Crippen molar-refractivity contribution in [2.45, 2.75) is 12.1 Å². The number of nitrogens with zero attached hydrogens (tertiary/aromatic N) is 4. The van der Waals surface area contributed by atoms with Gasteiger partial charge in [0.1, 0.15) is 0 Å². The molecule has 0 radical (unpaired) electrons. The first-order chi connectivity index (χ1) is 10.3. The number of anilines is 1. The molecule has 0 unspecified atom stereocenters. The molecule has 2 N–H and O–H groups in total. The topological polar surface area (TPSA) is 89.8 Å². The van der Waals surface area contributed by atoms with E-state index in [1.165, 1.54) is 11.8 Å². The van der Waals surface area contributed by atoms with Crippen LogP contribution in [0.3, 0.4) is 0 Å². The van der Waals surface area contributed by atoms with E-state index in [9.17, 15) is 0 Å². The molecule has 0 amide bonds. The molecule has 0 aliphatic rings. The zero-order chi connectivity index (χ0) is 14.9. The number of nitriles is 1. The van der Waals surface area contributed by atoms with Gasteiger partial charge in [0.15, 0.2) is 0 Å². The first kappa shape index (κ1) is 14.8. The lowest BCUT2D eigenvalue weighted by molar-refractivity contribution is 0.975. The summed E-state index contributed by atoms with van der Waals surface area (Å²) in [7, 11) is 0. The highest BCUT2D eigenvalue weighted by atomic mass is 32.2. The van der Waals surface area contributed by atoms with Crippen molar-refractivity contribution in [1.29, 1.82) is 5.26 Å². The molecule has 21 heavy (non-hydrogen) atoms. The van der Waals surface area contributed by atoms with E-state index < -0.39 is 0 Å². The summed E-state index contributed by atoms with van der Waals surface area (Å²) in [6, 6.07) is 12.0. The molecule has 0 fully saturated rings. The minimum Gasteiger partial charge on any atom is -0.245 e. The van der Waals surface area contributed by atoms with Crippen molar-refractivity contribution in [3.8, 4) is 6.07 Å². The van der Waals surface area contributed by atoms with E-state index >= 15 is 0 Å². The van der Waals surface area contributed by atoms with E-state index in [1.54, 1.807) is 0 Å². The first-order valence-electron chi connectivity index (χ1n) is 6.23. The van der Waals surface area contributed by atoms with E-state index in [4.69, 9.17) is 5.26 Å². The third-order valence-electron chi connectivity index (χ3n) is 2.39. The number of nitrogens with one attached hydrogen (secondary N) is 2. The fourth-order valence-electron chi connectivity index (χ4n) is 1.42. The predicted octanol–water partition coefficient (Wildman–Crippen LogP) is 2.92. The summed E-state index contributed by atoms with van der Waals surface area (Å²) in [6.45, 7) is 1.88. The van der Waals surface area contributed by atoms with Crippen molar-refractivity contribution < 1.29 is 0 Å². The molecule has 1 aromatic carbocycles. The Morgan fingerprint density at radius 3 is 3.05 bits per heavy atom. The Balaban J connectivity index is 1.90. The molecule has 2 aromatic rings. The highest BCUT2D eigenvalue weighted by Crippen LogP contribution is 2.12. The third-order valence-corrected chi connectivity index (χ3v) is 3.10. The van der Waals surface area contributed by atoms with Gasteiger partial charge in [-0.25, -0.2) is 10.5 Å². The standard InChI is InChI=1S/C14H14N6S/c1-11(7-8-12-5-3-2-4-6-12)17-18-13-16-14(20-19-13)21-10-9-15/h2-8H,10H2,1H3,(H2,16,18,19,20). The molecule has 0 aliphatic carbocycles. The summed E-state index contributed by atoms with van der Waals surface area (Å²) in [6.07, 6.45) is 3.89. The molecule has 0 bridgehead atoms. The number of H-pyrrole nitrogens is 1. The lowest BCUT2D eigenvalue weighted by Crippen LogP contribution is -1.95. The molecule has 0 atom stereocenters. The Morgan fingerprint density at radius 2 is 2.29 bits per heavy atom. The Morgan fingerprint density at radius 1 is 1.48 bits per heavy atom. The number of hydrazone groups is 1. The van der Waals surface area contributed by atoms with Crippen molar-refractivity contribution in [3.05, 3.63) is 42.0 Å². The maximum atomic E-state index is 8.48. The zero-order valence-corrected chi connectivity index (χ0v) is 12.3. The first-order valence-corrected chi connectivity index (χ1v) is 7.22. The number of benzene rings is 1. The highest BCUT2D eigenvalue weighted by molar-refractivity contribution is 7.99. The fourth-order valence-corrected chi connectivity index (χ4v) is 1.88. The fraction of sp³-hybridized carbons (Fsp3) is 0.143. The van der Waals surface area contributed by atoms with Gasteiger partial charge in [0, 0.05) is 0 Å². The molecule has 106 valence electrons. The van der Waals surface area contributed by atoms with Crippen LogP contribution in [-0.2, 0) is 0 Å². The van der Waals surface area contributed by atoms with E-state index in [0.717, 1.165) is 11.3 Å². The van der Waals surface area contributed by atoms with Crippen molar-refractivity contribution >= 4 is 29.5 Å². The molecule has 0 saturated carbocycles. The summed E-state index contributed by atoms with van der Waals surface area (Å²) >= 11 is 1.27. The molecule has 0 saturated heterocycles. The second-order valence-electron chi connectivity index (χ2n) is 4.02. The van der Waals surface area contributed by atoms with Gasteiger partial charge in [0.2, 0.25) is 11.1 Å². The van der Waals surface area contributed by atoms with Crippen molar-refractivity contribution in [2.24, 2.45) is 5.10 Å². The monoisotopic (exact) mass is 298 g/mol. The van der Waals surface area contributed by atoms with E-state index in [2.05, 4.69) is 25.7 Å². The summed E-state index contributed by atoms with van der Waals surface area (Å²) in [4.78, 5) is 4.14. The summed E-state index contributed by atoms with van der Waals surface area (Å²) < 4.78 is 0. The maximum Gasteiger partial charge on any atom is 0.240 e. The predicted molar refractivity (Wildman–Crippen MR) is 84.9 cm³/mol. The lowest BCUT2D eigenvalue weighted by Gasteiger charge is -1.95. The number of hydrogen-bond acceptors (Lipinski definition) is 6. The smallest absolute Gasteiger partial charge is 0.240 e. The van der Waals surface area contributed by atoms with Crippen LogP contribution in [0.15, 0.2) is 46.7 Å². The van der Waals surface area contributed by atoms with Crippen LogP contribution < -0.4 is 5.43 Å². The van der Waals surface area contributed by atoms with Crippen molar-refractivity contribution in [1.82, 2.24) is 15.2 Å². The Hall–Kier alpha value is -2.59. The van der Waals surface area contributed by atoms with Gasteiger partial charge in [-0.05, 0) is 18.6 Å². The van der Waals surface area contributed by atoms with Crippen LogP contribution in [-0.4, -0.2) is 26.6 Å². The van der Waals surface area contributed by atoms with Crippen LogP contribution >= 0.6 is 11.8 Å².